The van der Waals surface area contributed by atoms with E-state index in [4.69, 9.17) is 10.4 Å². The molecule has 0 radical (unpaired) electrons. The molecule has 0 saturated carbocycles. The van der Waals surface area contributed by atoms with Crippen LogP contribution in [0.15, 0.2) is 16.3 Å². The molecule has 1 saturated heterocycles. The average molecular weight is 272 g/mol. The Morgan fingerprint density at radius 3 is 2.88 bits per heavy atom. The highest BCUT2D eigenvalue weighted by Gasteiger charge is 2.33. The maximum Gasteiger partial charge on any atom is 0.252 e. The van der Waals surface area contributed by atoms with Gasteiger partial charge in [0.05, 0.1) is 0 Å². The zero-order chi connectivity index (χ0) is 12.5. The third-order valence-corrected chi connectivity index (χ3v) is 6.11. The van der Waals surface area contributed by atoms with Gasteiger partial charge < -0.3 is 5.11 Å². The van der Waals surface area contributed by atoms with Crippen molar-refractivity contribution in [1.82, 2.24) is 4.31 Å². The van der Waals surface area contributed by atoms with Crippen molar-refractivity contribution >= 4 is 21.4 Å². The molecule has 0 amide bonds. The van der Waals surface area contributed by atoms with Gasteiger partial charge in [-0.2, -0.15) is 9.57 Å². The molecule has 0 aliphatic carbocycles. The average Bonchev–Trinajstić information content (AvgIpc) is 2.98. The molecule has 2 heterocycles. The van der Waals surface area contributed by atoms with Crippen LogP contribution in [0.25, 0.3) is 0 Å². The van der Waals surface area contributed by atoms with Crippen molar-refractivity contribution in [2.24, 2.45) is 5.92 Å². The van der Waals surface area contributed by atoms with Gasteiger partial charge >= 0.3 is 0 Å². The molecule has 0 aromatic carbocycles. The van der Waals surface area contributed by atoms with Crippen LogP contribution in [0.3, 0.4) is 0 Å². The summed E-state index contributed by atoms with van der Waals surface area (Å²) in [5.74, 6) is 0.0279. The molecule has 17 heavy (non-hydrogen) atoms. The summed E-state index contributed by atoms with van der Waals surface area (Å²) >= 11 is 0.982. The first kappa shape index (κ1) is 12.5. The molecule has 1 aromatic rings. The van der Waals surface area contributed by atoms with Gasteiger partial charge in [0.15, 0.2) is 0 Å². The molecule has 0 bridgehead atoms. The van der Waals surface area contributed by atoms with E-state index in [-0.39, 0.29) is 16.7 Å². The molecule has 5 nitrogen and oxygen atoms in total. The summed E-state index contributed by atoms with van der Waals surface area (Å²) < 4.78 is 25.9. The van der Waals surface area contributed by atoms with Crippen LogP contribution in [-0.2, 0) is 10.0 Å². The molecule has 92 valence electrons. The Morgan fingerprint density at radius 1 is 1.59 bits per heavy atom. The lowest BCUT2D eigenvalue weighted by Gasteiger charge is -2.14. The number of aliphatic hydroxyl groups is 1. The lowest BCUT2D eigenvalue weighted by molar-refractivity contribution is 0.233. The minimum atomic E-state index is -3.48. The van der Waals surface area contributed by atoms with Crippen molar-refractivity contribution in [2.75, 3.05) is 19.7 Å². The summed E-state index contributed by atoms with van der Waals surface area (Å²) in [7, 11) is -3.48. The van der Waals surface area contributed by atoms with Crippen LogP contribution in [0.4, 0.5) is 0 Å². The SMILES string of the molecule is N#Cc1ccc(S(=O)(=O)N2CCC(CO)C2)s1. The van der Waals surface area contributed by atoms with Crippen LogP contribution >= 0.6 is 11.3 Å². The predicted octanol–water partition coefficient (Wildman–Crippen LogP) is 0.623. The van der Waals surface area contributed by atoms with Crippen LogP contribution in [-0.4, -0.2) is 37.5 Å². The monoisotopic (exact) mass is 272 g/mol. The lowest BCUT2D eigenvalue weighted by atomic mass is 10.1. The van der Waals surface area contributed by atoms with Gasteiger partial charge in [-0.15, -0.1) is 11.3 Å². The third-order valence-electron chi connectivity index (χ3n) is 2.79. The second kappa shape index (κ2) is 4.74. The molecule has 0 spiro atoms. The highest BCUT2D eigenvalue weighted by molar-refractivity contribution is 7.91. The maximum atomic E-state index is 12.2. The summed E-state index contributed by atoms with van der Waals surface area (Å²) in [6.07, 6.45) is 0.687. The van der Waals surface area contributed by atoms with Gasteiger partial charge in [0.25, 0.3) is 10.0 Å². The van der Waals surface area contributed by atoms with E-state index >= 15 is 0 Å². The Kier molecular flexibility index (Phi) is 3.49. The zero-order valence-corrected chi connectivity index (χ0v) is 10.7. The minimum Gasteiger partial charge on any atom is -0.396 e. The Hall–Kier alpha value is -0.940. The fraction of sp³-hybridized carbons (Fsp3) is 0.500. The van der Waals surface area contributed by atoms with Gasteiger partial charge in [-0.05, 0) is 24.5 Å². The van der Waals surface area contributed by atoms with Crippen LogP contribution in [0.1, 0.15) is 11.3 Å². The van der Waals surface area contributed by atoms with Crippen molar-refractivity contribution in [2.45, 2.75) is 10.6 Å². The van der Waals surface area contributed by atoms with Crippen molar-refractivity contribution < 1.29 is 13.5 Å². The third kappa shape index (κ3) is 2.35. The van der Waals surface area contributed by atoms with Gasteiger partial charge in [-0.3, -0.25) is 0 Å². The number of hydrogen-bond donors (Lipinski definition) is 1. The fourth-order valence-electron chi connectivity index (χ4n) is 1.81. The first-order chi connectivity index (χ1) is 8.07. The number of thiophene rings is 1. The molecule has 1 fully saturated rings. The van der Waals surface area contributed by atoms with Gasteiger partial charge in [0, 0.05) is 19.7 Å². The topological polar surface area (TPSA) is 81.4 Å². The number of nitrogens with zero attached hydrogens (tertiary/aromatic N) is 2. The summed E-state index contributed by atoms with van der Waals surface area (Å²) in [6, 6.07) is 4.90. The Labute approximate surface area is 104 Å². The molecular weight excluding hydrogens is 260 g/mol. The predicted molar refractivity (Wildman–Crippen MR) is 63.0 cm³/mol. The first-order valence-corrected chi connectivity index (χ1v) is 7.44. The largest absolute Gasteiger partial charge is 0.396 e. The Bertz CT molecular complexity index is 544. The highest BCUT2D eigenvalue weighted by atomic mass is 32.2. The normalized spacial score (nSPS) is 21.5. The molecular formula is C10H12N2O3S2. The van der Waals surface area contributed by atoms with E-state index in [1.807, 2.05) is 6.07 Å². The minimum absolute atomic E-state index is 0.0138. The summed E-state index contributed by atoms with van der Waals surface area (Å²) in [4.78, 5) is 0.390. The standard InChI is InChI=1S/C10H12N2O3S2/c11-5-9-1-2-10(16-9)17(14,15)12-4-3-8(6-12)7-13/h1-2,8,13H,3-4,6-7H2. The van der Waals surface area contributed by atoms with E-state index in [1.165, 1.54) is 16.4 Å². The molecule has 1 aromatic heterocycles. The molecule has 7 heteroatoms. The van der Waals surface area contributed by atoms with Crippen molar-refractivity contribution in [3.8, 4) is 6.07 Å². The van der Waals surface area contributed by atoms with E-state index in [2.05, 4.69) is 0 Å². The number of sulfonamides is 1. The number of aliphatic hydroxyl groups excluding tert-OH is 1. The quantitative estimate of drug-likeness (QED) is 0.874. The molecule has 1 aliphatic heterocycles. The van der Waals surface area contributed by atoms with Crippen LogP contribution in [0, 0.1) is 17.2 Å². The zero-order valence-electron chi connectivity index (χ0n) is 9.04. The highest BCUT2D eigenvalue weighted by Crippen LogP contribution is 2.28. The van der Waals surface area contributed by atoms with Gasteiger partial charge in [-0.1, -0.05) is 0 Å². The van der Waals surface area contributed by atoms with Crippen molar-refractivity contribution in [3.63, 3.8) is 0 Å². The Morgan fingerprint density at radius 2 is 2.35 bits per heavy atom. The Balaban J connectivity index is 2.23. The number of rotatable bonds is 3. The van der Waals surface area contributed by atoms with E-state index in [1.54, 1.807) is 0 Å². The second-order valence-electron chi connectivity index (χ2n) is 3.93. The van der Waals surface area contributed by atoms with Crippen molar-refractivity contribution in [1.29, 1.82) is 5.26 Å². The van der Waals surface area contributed by atoms with E-state index in [0.29, 0.717) is 24.4 Å². The van der Waals surface area contributed by atoms with E-state index in [0.717, 1.165) is 11.3 Å². The second-order valence-corrected chi connectivity index (χ2v) is 7.18. The molecule has 1 aliphatic rings. The molecule has 1 unspecified atom stereocenters. The number of nitriles is 1. The smallest absolute Gasteiger partial charge is 0.252 e. The molecule has 1 atom stereocenters. The first-order valence-electron chi connectivity index (χ1n) is 5.19. The summed E-state index contributed by atoms with van der Waals surface area (Å²) in [6.45, 7) is 0.811. The molecule has 1 N–H and O–H groups in total. The van der Waals surface area contributed by atoms with Gasteiger partial charge in [-0.25, -0.2) is 8.42 Å². The van der Waals surface area contributed by atoms with Crippen molar-refractivity contribution in [3.05, 3.63) is 17.0 Å². The van der Waals surface area contributed by atoms with Crippen LogP contribution in [0.5, 0.6) is 0 Å². The van der Waals surface area contributed by atoms with E-state index < -0.39 is 10.0 Å². The fourth-order valence-corrected chi connectivity index (χ4v) is 4.60. The van der Waals surface area contributed by atoms with Gasteiger partial charge in [0.1, 0.15) is 15.2 Å². The molecule has 2 rings (SSSR count). The van der Waals surface area contributed by atoms with Gasteiger partial charge in [0.2, 0.25) is 0 Å². The summed E-state index contributed by atoms with van der Waals surface area (Å²) in [5, 5.41) is 17.7. The van der Waals surface area contributed by atoms with E-state index in [9.17, 15) is 8.42 Å². The van der Waals surface area contributed by atoms with Crippen LogP contribution < -0.4 is 0 Å². The lowest BCUT2D eigenvalue weighted by Crippen LogP contribution is -2.28. The number of hydrogen-bond acceptors (Lipinski definition) is 5. The maximum absolute atomic E-state index is 12.2. The van der Waals surface area contributed by atoms with Crippen LogP contribution in [0.2, 0.25) is 0 Å². The summed E-state index contributed by atoms with van der Waals surface area (Å²) in [5.41, 5.74) is 0.